The average Bonchev–Trinajstić information content (AvgIpc) is 2.48. The predicted molar refractivity (Wildman–Crippen MR) is 87.2 cm³/mol. The molecule has 2 aromatic carbocycles. The van der Waals surface area contributed by atoms with Gasteiger partial charge >= 0.3 is 0 Å². The molecule has 5 nitrogen and oxygen atoms in total. The molecule has 0 radical (unpaired) electrons. The van der Waals surface area contributed by atoms with E-state index in [2.05, 4.69) is 5.32 Å². The van der Waals surface area contributed by atoms with Crippen LogP contribution >= 0.6 is 23.2 Å². The van der Waals surface area contributed by atoms with Crippen molar-refractivity contribution in [2.24, 2.45) is 0 Å². The fourth-order valence-electron chi connectivity index (χ4n) is 1.64. The Morgan fingerprint density at radius 3 is 2.45 bits per heavy atom. The Labute approximate surface area is 136 Å². The molecular weight excluding hydrogens is 327 g/mol. The van der Waals surface area contributed by atoms with Gasteiger partial charge < -0.3 is 5.32 Å². The predicted octanol–water partition coefficient (Wildman–Crippen LogP) is 4.55. The molecule has 0 aromatic heterocycles. The highest BCUT2D eigenvalue weighted by Gasteiger charge is 2.10. The molecule has 0 aliphatic carbocycles. The van der Waals surface area contributed by atoms with Gasteiger partial charge in [0.05, 0.1) is 15.6 Å². The van der Waals surface area contributed by atoms with E-state index >= 15 is 0 Å². The minimum absolute atomic E-state index is 0.151. The molecule has 0 bridgehead atoms. The zero-order valence-electron chi connectivity index (χ0n) is 11.1. The summed E-state index contributed by atoms with van der Waals surface area (Å²) < 4.78 is 0. The van der Waals surface area contributed by atoms with Gasteiger partial charge in [-0.15, -0.1) is 0 Å². The summed E-state index contributed by atoms with van der Waals surface area (Å²) in [7, 11) is 0. The fourth-order valence-corrected chi connectivity index (χ4v) is 1.93. The number of halogens is 2. The number of nitro groups is 1. The average molecular weight is 337 g/mol. The van der Waals surface area contributed by atoms with Gasteiger partial charge in [-0.2, -0.15) is 0 Å². The summed E-state index contributed by atoms with van der Waals surface area (Å²) in [4.78, 5) is 22.0. The van der Waals surface area contributed by atoms with Gasteiger partial charge in [-0.25, -0.2) is 0 Å². The van der Waals surface area contributed by atoms with Crippen LogP contribution in [-0.2, 0) is 4.79 Å². The monoisotopic (exact) mass is 336 g/mol. The normalized spacial score (nSPS) is 10.6. The van der Waals surface area contributed by atoms with E-state index in [4.69, 9.17) is 23.2 Å². The van der Waals surface area contributed by atoms with Crippen molar-refractivity contribution in [3.63, 3.8) is 0 Å². The molecule has 22 heavy (non-hydrogen) atoms. The van der Waals surface area contributed by atoms with E-state index in [-0.39, 0.29) is 16.4 Å². The van der Waals surface area contributed by atoms with Crippen LogP contribution in [0.15, 0.2) is 48.5 Å². The van der Waals surface area contributed by atoms with Crippen molar-refractivity contribution in [2.75, 3.05) is 5.32 Å². The second-order valence-electron chi connectivity index (χ2n) is 4.30. The highest BCUT2D eigenvalue weighted by Crippen LogP contribution is 2.26. The molecule has 112 valence electrons. The van der Waals surface area contributed by atoms with Crippen molar-refractivity contribution in [3.05, 3.63) is 74.3 Å². The quantitative estimate of drug-likeness (QED) is 0.505. The third kappa shape index (κ3) is 4.31. The molecule has 2 aromatic rings. The summed E-state index contributed by atoms with van der Waals surface area (Å²) in [5.74, 6) is -0.447. The molecule has 0 fully saturated rings. The van der Waals surface area contributed by atoms with Gasteiger partial charge in [-0.05, 0) is 29.8 Å². The minimum Gasteiger partial charge on any atom is -0.321 e. The molecule has 0 saturated heterocycles. The lowest BCUT2D eigenvalue weighted by Crippen LogP contribution is -2.08. The van der Waals surface area contributed by atoms with Crippen LogP contribution in [0.4, 0.5) is 11.4 Å². The number of hydrogen-bond donors (Lipinski definition) is 1. The molecule has 0 atom stereocenters. The van der Waals surface area contributed by atoms with Crippen LogP contribution in [-0.4, -0.2) is 10.8 Å². The van der Waals surface area contributed by atoms with Crippen LogP contribution in [0.1, 0.15) is 5.56 Å². The molecule has 0 saturated carbocycles. The molecule has 0 aliphatic rings. The van der Waals surface area contributed by atoms with Gasteiger partial charge in [0.1, 0.15) is 0 Å². The number of nitrogens with zero attached hydrogens (tertiary/aromatic N) is 1. The Kier molecular flexibility index (Phi) is 5.14. The van der Waals surface area contributed by atoms with Crippen molar-refractivity contribution in [1.29, 1.82) is 0 Å². The van der Waals surface area contributed by atoms with E-state index in [1.165, 1.54) is 24.3 Å². The summed E-state index contributed by atoms with van der Waals surface area (Å²) in [5.41, 5.74) is 0.827. The lowest BCUT2D eigenvalue weighted by Gasteiger charge is -2.04. The summed E-state index contributed by atoms with van der Waals surface area (Å²) in [6.07, 6.45) is 2.90. The molecule has 0 unspecified atom stereocenters. The van der Waals surface area contributed by atoms with Crippen molar-refractivity contribution < 1.29 is 9.72 Å². The van der Waals surface area contributed by atoms with E-state index < -0.39 is 10.8 Å². The number of non-ortho nitro benzene ring substituents is 1. The van der Waals surface area contributed by atoms with Crippen molar-refractivity contribution >= 4 is 46.6 Å². The topological polar surface area (TPSA) is 72.2 Å². The van der Waals surface area contributed by atoms with Crippen molar-refractivity contribution in [1.82, 2.24) is 0 Å². The highest BCUT2D eigenvalue weighted by molar-refractivity contribution is 6.34. The largest absolute Gasteiger partial charge is 0.321 e. The molecular formula is C15H10Cl2N2O3. The molecule has 1 N–H and O–H groups in total. The summed E-state index contributed by atoms with van der Waals surface area (Å²) in [5, 5.41) is 14.0. The number of carbonyl (C=O) groups is 1. The van der Waals surface area contributed by atoms with Gasteiger partial charge in [0.2, 0.25) is 5.91 Å². The maximum absolute atomic E-state index is 11.8. The standard InChI is InChI=1S/C15H10Cl2N2O3/c16-11-4-1-10(2-5-11)3-8-15(20)18-14-9-12(19(21)22)6-7-13(14)17/h1-9H,(H,18,20)/b8-3+. The molecule has 0 aliphatic heterocycles. The number of benzene rings is 2. The summed E-state index contributed by atoms with van der Waals surface area (Å²) in [6.45, 7) is 0. The maximum Gasteiger partial charge on any atom is 0.271 e. The first kappa shape index (κ1) is 16.0. The maximum atomic E-state index is 11.8. The number of anilines is 1. The molecule has 7 heteroatoms. The summed E-state index contributed by atoms with van der Waals surface area (Å²) in [6, 6.07) is 10.8. The minimum atomic E-state index is -0.560. The first-order chi connectivity index (χ1) is 10.5. The number of carbonyl (C=O) groups excluding carboxylic acids is 1. The third-order valence-electron chi connectivity index (χ3n) is 2.72. The zero-order valence-corrected chi connectivity index (χ0v) is 12.6. The van der Waals surface area contributed by atoms with E-state index in [9.17, 15) is 14.9 Å². The Morgan fingerprint density at radius 2 is 1.82 bits per heavy atom. The summed E-state index contributed by atoms with van der Waals surface area (Å²) >= 11 is 11.7. The number of rotatable bonds is 4. The Hall–Kier alpha value is -2.37. The Morgan fingerprint density at radius 1 is 1.14 bits per heavy atom. The van der Waals surface area contributed by atoms with Crippen LogP contribution in [0.2, 0.25) is 10.0 Å². The van der Waals surface area contributed by atoms with E-state index in [1.807, 2.05) is 0 Å². The lowest BCUT2D eigenvalue weighted by molar-refractivity contribution is -0.384. The van der Waals surface area contributed by atoms with Crippen molar-refractivity contribution in [3.8, 4) is 0 Å². The molecule has 2 rings (SSSR count). The van der Waals surface area contributed by atoms with E-state index in [0.29, 0.717) is 5.02 Å². The van der Waals surface area contributed by atoms with E-state index in [0.717, 1.165) is 5.56 Å². The van der Waals surface area contributed by atoms with Crippen LogP contribution < -0.4 is 5.32 Å². The van der Waals surface area contributed by atoms with Gasteiger partial charge in [0.15, 0.2) is 0 Å². The van der Waals surface area contributed by atoms with Crippen LogP contribution in [0.3, 0.4) is 0 Å². The second-order valence-corrected chi connectivity index (χ2v) is 5.14. The van der Waals surface area contributed by atoms with Gasteiger partial charge in [-0.1, -0.05) is 35.3 Å². The van der Waals surface area contributed by atoms with Gasteiger partial charge in [0.25, 0.3) is 5.69 Å². The molecule has 1 amide bonds. The van der Waals surface area contributed by atoms with Crippen LogP contribution in [0.5, 0.6) is 0 Å². The first-order valence-corrected chi connectivity index (χ1v) is 6.90. The SMILES string of the molecule is O=C(/C=C/c1ccc(Cl)cc1)Nc1cc([N+](=O)[O-])ccc1Cl. The Bertz CT molecular complexity index is 743. The number of hydrogen-bond acceptors (Lipinski definition) is 3. The zero-order chi connectivity index (χ0) is 16.1. The molecule has 0 spiro atoms. The van der Waals surface area contributed by atoms with E-state index in [1.54, 1.807) is 30.3 Å². The van der Waals surface area contributed by atoms with Gasteiger partial charge in [0, 0.05) is 23.2 Å². The molecule has 0 heterocycles. The van der Waals surface area contributed by atoms with Crippen molar-refractivity contribution in [2.45, 2.75) is 0 Å². The number of nitrogens with one attached hydrogen (secondary N) is 1. The number of amides is 1. The Balaban J connectivity index is 2.10. The smallest absolute Gasteiger partial charge is 0.271 e. The lowest BCUT2D eigenvalue weighted by atomic mass is 10.2. The number of nitro benzene ring substituents is 1. The van der Waals surface area contributed by atoms with Crippen LogP contribution in [0.25, 0.3) is 6.08 Å². The fraction of sp³-hybridized carbons (Fsp3) is 0. The van der Waals surface area contributed by atoms with Crippen LogP contribution in [0, 0.1) is 10.1 Å². The third-order valence-corrected chi connectivity index (χ3v) is 3.30. The second kappa shape index (κ2) is 7.06. The first-order valence-electron chi connectivity index (χ1n) is 6.14. The highest BCUT2D eigenvalue weighted by atomic mass is 35.5. The van der Waals surface area contributed by atoms with Gasteiger partial charge in [-0.3, -0.25) is 14.9 Å².